The maximum atomic E-state index is 6.09. The summed E-state index contributed by atoms with van der Waals surface area (Å²) in [6.07, 6.45) is 0. The van der Waals surface area contributed by atoms with Gasteiger partial charge in [0.25, 0.3) is 0 Å². The zero-order valence-corrected chi connectivity index (χ0v) is 15.2. The van der Waals surface area contributed by atoms with Crippen LogP contribution in [0.5, 0.6) is 11.5 Å². The van der Waals surface area contributed by atoms with Gasteiger partial charge in [-0.15, -0.1) is 0 Å². The Morgan fingerprint density at radius 1 is 0.607 bits per heavy atom. The summed E-state index contributed by atoms with van der Waals surface area (Å²) in [7, 11) is 0. The highest BCUT2D eigenvalue weighted by Crippen LogP contribution is 2.45. The van der Waals surface area contributed by atoms with Gasteiger partial charge in [0.2, 0.25) is 0 Å². The number of rotatable bonds is 4. The molecule has 0 saturated carbocycles. The number of benzene rings is 4. The van der Waals surface area contributed by atoms with Crippen LogP contribution in [0.4, 0.5) is 28.4 Å². The van der Waals surface area contributed by atoms with E-state index < -0.39 is 0 Å². The van der Waals surface area contributed by atoms with Crippen LogP contribution in [0, 0.1) is 0 Å². The van der Waals surface area contributed by atoms with Crippen LogP contribution in [0.25, 0.3) is 0 Å². The molecular weight excluding hydrogens is 346 g/mol. The summed E-state index contributed by atoms with van der Waals surface area (Å²) in [5, 5.41) is 5.57. The van der Waals surface area contributed by atoms with Crippen molar-refractivity contribution in [3.05, 3.63) is 103 Å². The zero-order chi connectivity index (χ0) is 18.8. The minimum Gasteiger partial charge on any atom is -0.453 e. The topological polar surface area (TPSA) is 36.5 Å². The smallest absolute Gasteiger partial charge is 0.153 e. The monoisotopic (exact) mass is 365 g/mol. The van der Waals surface area contributed by atoms with Gasteiger partial charge in [-0.25, -0.2) is 0 Å². The maximum absolute atomic E-state index is 6.09. The molecule has 1 aliphatic rings. The van der Waals surface area contributed by atoms with Crippen LogP contribution in [0.1, 0.15) is 0 Å². The molecule has 0 aromatic heterocycles. The average molecular weight is 365 g/mol. The third-order valence-electron chi connectivity index (χ3n) is 4.65. The maximum Gasteiger partial charge on any atom is 0.153 e. The van der Waals surface area contributed by atoms with Crippen molar-refractivity contribution in [1.82, 2.24) is 0 Å². The minimum absolute atomic E-state index is 0.796. The molecule has 4 aromatic carbocycles. The molecule has 2 N–H and O–H groups in total. The quantitative estimate of drug-likeness (QED) is 0.347. The molecule has 0 bridgehead atoms. The summed E-state index contributed by atoms with van der Waals surface area (Å²) in [5.74, 6) is 1.62. The molecule has 0 spiro atoms. The molecule has 28 heavy (non-hydrogen) atoms. The number of nitrogens with one attached hydrogen (secondary N) is 2. The summed E-state index contributed by atoms with van der Waals surface area (Å²) < 4.78 is 6.09. The van der Waals surface area contributed by atoms with Crippen molar-refractivity contribution in [2.45, 2.75) is 0 Å². The highest BCUT2D eigenvalue weighted by Gasteiger charge is 2.20. The Hall–Kier alpha value is -3.92. The van der Waals surface area contributed by atoms with Gasteiger partial charge < -0.3 is 10.1 Å². The Balaban J connectivity index is 1.55. The van der Waals surface area contributed by atoms with Gasteiger partial charge in [0.15, 0.2) is 11.5 Å². The second-order valence-electron chi connectivity index (χ2n) is 6.52. The van der Waals surface area contributed by atoms with E-state index in [1.165, 1.54) is 0 Å². The van der Waals surface area contributed by atoms with E-state index in [4.69, 9.17) is 4.74 Å². The van der Waals surface area contributed by atoms with Gasteiger partial charge in [-0.3, -0.25) is 10.4 Å². The van der Waals surface area contributed by atoms with Gasteiger partial charge in [0.1, 0.15) is 5.69 Å². The number of hydrogen-bond acceptors (Lipinski definition) is 4. The number of ether oxygens (including phenoxy) is 1. The average Bonchev–Trinajstić information content (AvgIpc) is 2.77. The molecule has 0 atom stereocenters. The Labute approximate surface area is 164 Å². The predicted molar refractivity (Wildman–Crippen MR) is 115 cm³/mol. The SMILES string of the molecule is c1ccc(N(Nc2cccc3c2Nc2ccccc2O3)c2ccccc2)cc1. The van der Waals surface area contributed by atoms with Crippen LogP contribution in [0.3, 0.4) is 0 Å². The standard InChI is InChI=1S/C24H19N3O/c1-3-10-18(11-4-1)27(19-12-5-2-6-13-19)26-21-15-9-17-23-24(21)25-20-14-7-8-16-22(20)28-23/h1-17,25-26H. The van der Waals surface area contributed by atoms with Crippen molar-refractivity contribution in [1.29, 1.82) is 0 Å². The van der Waals surface area contributed by atoms with Crippen molar-refractivity contribution < 1.29 is 4.74 Å². The summed E-state index contributed by atoms with van der Waals surface area (Å²) in [6.45, 7) is 0. The fourth-order valence-electron chi connectivity index (χ4n) is 3.30. The van der Waals surface area contributed by atoms with Crippen molar-refractivity contribution in [2.24, 2.45) is 0 Å². The predicted octanol–water partition coefficient (Wildman–Crippen LogP) is 6.70. The summed E-state index contributed by atoms with van der Waals surface area (Å²) in [5.41, 5.74) is 8.45. The van der Waals surface area contributed by atoms with Crippen molar-refractivity contribution in [3.8, 4) is 11.5 Å². The second kappa shape index (κ2) is 7.00. The Morgan fingerprint density at radius 3 is 1.93 bits per heavy atom. The zero-order valence-electron chi connectivity index (χ0n) is 15.2. The fraction of sp³-hybridized carbons (Fsp3) is 0. The van der Waals surface area contributed by atoms with Crippen LogP contribution >= 0.6 is 0 Å². The van der Waals surface area contributed by atoms with E-state index in [-0.39, 0.29) is 0 Å². The molecule has 0 aliphatic carbocycles. The summed E-state index contributed by atoms with van der Waals surface area (Å²) >= 11 is 0. The molecular formula is C24H19N3O. The molecule has 0 amide bonds. The molecule has 136 valence electrons. The first kappa shape index (κ1) is 16.3. The van der Waals surface area contributed by atoms with E-state index in [0.717, 1.165) is 39.9 Å². The minimum atomic E-state index is 0.796. The first-order valence-corrected chi connectivity index (χ1v) is 9.22. The largest absolute Gasteiger partial charge is 0.453 e. The molecule has 5 rings (SSSR count). The second-order valence-corrected chi connectivity index (χ2v) is 6.52. The lowest BCUT2D eigenvalue weighted by atomic mass is 10.2. The van der Waals surface area contributed by atoms with Gasteiger partial charge in [0, 0.05) is 0 Å². The highest BCUT2D eigenvalue weighted by atomic mass is 16.5. The third kappa shape index (κ3) is 3.01. The lowest BCUT2D eigenvalue weighted by Crippen LogP contribution is -2.25. The molecule has 4 heteroatoms. The van der Waals surface area contributed by atoms with Crippen LogP contribution in [-0.2, 0) is 0 Å². The number of hydrogen-bond donors (Lipinski definition) is 2. The molecule has 4 aromatic rings. The van der Waals surface area contributed by atoms with Gasteiger partial charge in [-0.05, 0) is 48.5 Å². The Kier molecular flexibility index (Phi) is 4.07. The van der Waals surface area contributed by atoms with E-state index in [1.54, 1.807) is 0 Å². The number of nitrogens with zero attached hydrogens (tertiary/aromatic N) is 1. The first-order chi connectivity index (χ1) is 13.9. The van der Waals surface area contributed by atoms with Gasteiger partial charge in [-0.2, -0.15) is 0 Å². The van der Waals surface area contributed by atoms with Crippen molar-refractivity contribution in [2.75, 3.05) is 15.8 Å². The van der Waals surface area contributed by atoms with E-state index in [0.29, 0.717) is 0 Å². The molecule has 4 nitrogen and oxygen atoms in total. The normalized spacial score (nSPS) is 11.4. The van der Waals surface area contributed by atoms with Crippen molar-refractivity contribution >= 4 is 28.4 Å². The number of fused-ring (bicyclic) bond motifs is 2. The van der Waals surface area contributed by atoms with E-state index in [9.17, 15) is 0 Å². The summed E-state index contributed by atoms with van der Waals surface area (Å²) in [6, 6.07) is 34.4. The summed E-state index contributed by atoms with van der Waals surface area (Å²) in [4.78, 5) is 0. The molecule has 1 heterocycles. The lowest BCUT2D eigenvalue weighted by molar-refractivity contribution is 0.481. The van der Waals surface area contributed by atoms with Gasteiger partial charge in [-0.1, -0.05) is 54.6 Å². The molecule has 0 saturated heterocycles. The lowest BCUT2D eigenvalue weighted by Gasteiger charge is -2.30. The van der Waals surface area contributed by atoms with E-state index in [2.05, 4.69) is 40.0 Å². The van der Waals surface area contributed by atoms with Gasteiger partial charge >= 0.3 is 0 Å². The van der Waals surface area contributed by atoms with Crippen LogP contribution in [-0.4, -0.2) is 0 Å². The highest BCUT2D eigenvalue weighted by molar-refractivity contribution is 5.86. The third-order valence-corrected chi connectivity index (χ3v) is 4.65. The number of para-hydroxylation sites is 5. The first-order valence-electron chi connectivity index (χ1n) is 9.22. The fourth-order valence-corrected chi connectivity index (χ4v) is 3.30. The molecule has 0 fully saturated rings. The van der Waals surface area contributed by atoms with E-state index >= 15 is 0 Å². The van der Waals surface area contributed by atoms with Gasteiger partial charge in [0.05, 0.1) is 22.7 Å². The Bertz CT molecular complexity index is 1060. The van der Waals surface area contributed by atoms with Crippen LogP contribution in [0.2, 0.25) is 0 Å². The number of anilines is 5. The van der Waals surface area contributed by atoms with Crippen LogP contribution < -0.4 is 20.5 Å². The molecule has 0 radical (unpaired) electrons. The van der Waals surface area contributed by atoms with Crippen LogP contribution in [0.15, 0.2) is 103 Å². The molecule has 0 unspecified atom stereocenters. The molecule has 1 aliphatic heterocycles. The van der Waals surface area contributed by atoms with Crippen molar-refractivity contribution in [3.63, 3.8) is 0 Å². The number of hydrazine groups is 1. The Morgan fingerprint density at radius 2 is 1.21 bits per heavy atom. The van der Waals surface area contributed by atoms with E-state index in [1.807, 2.05) is 78.9 Å².